The van der Waals surface area contributed by atoms with Crippen molar-refractivity contribution >= 4 is 28.9 Å². The first-order valence-corrected chi connectivity index (χ1v) is 7.00. The second kappa shape index (κ2) is 5.76. The van der Waals surface area contributed by atoms with Gasteiger partial charge in [0.25, 0.3) is 0 Å². The quantitative estimate of drug-likeness (QED) is 0.734. The molecule has 4 nitrogen and oxygen atoms in total. The number of rotatable bonds is 3. The molecule has 2 aromatic carbocycles. The number of nitrogen functional groups attached to an aromatic ring is 1. The Morgan fingerprint density at radius 3 is 2.48 bits per heavy atom. The molecule has 0 aliphatic rings. The van der Waals surface area contributed by atoms with Gasteiger partial charge in [0.05, 0.1) is 16.5 Å². The summed E-state index contributed by atoms with van der Waals surface area (Å²) < 4.78 is 5.25. The van der Waals surface area contributed by atoms with Crippen LogP contribution in [0.2, 0.25) is 10.0 Å². The Morgan fingerprint density at radius 2 is 1.76 bits per heavy atom. The fraction of sp³-hybridized carbons (Fsp3) is 0.0667. The van der Waals surface area contributed by atoms with Gasteiger partial charge in [-0.15, -0.1) is 0 Å². The maximum atomic E-state index is 5.99. The molecule has 2 N–H and O–H groups in total. The number of nitrogens with zero attached hydrogens (tertiary/aromatic N) is 2. The lowest BCUT2D eigenvalue weighted by atomic mass is 10.1. The molecule has 0 amide bonds. The van der Waals surface area contributed by atoms with E-state index in [1.54, 1.807) is 24.3 Å². The van der Waals surface area contributed by atoms with Crippen molar-refractivity contribution in [1.29, 1.82) is 0 Å². The maximum Gasteiger partial charge on any atom is 0.231 e. The highest BCUT2D eigenvalue weighted by Gasteiger charge is 2.10. The summed E-state index contributed by atoms with van der Waals surface area (Å²) in [7, 11) is 0. The molecule has 106 valence electrons. The molecule has 0 atom stereocenters. The van der Waals surface area contributed by atoms with Crippen LogP contribution in [0.15, 0.2) is 47.0 Å². The lowest BCUT2D eigenvalue weighted by molar-refractivity contribution is 0.385. The lowest BCUT2D eigenvalue weighted by Crippen LogP contribution is -1.89. The summed E-state index contributed by atoms with van der Waals surface area (Å²) in [5.41, 5.74) is 8.15. The molecular formula is C15H11Cl2N3O. The minimum Gasteiger partial charge on any atom is -0.399 e. The van der Waals surface area contributed by atoms with Crippen molar-refractivity contribution in [3.8, 4) is 11.4 Å². The first kappa shape index (κ1) is 13.9. The van der Waals surface area contributed by atoms with Gasteiger partial charge in [0.2, 0.25) is 11.7 Å². The van der Waals surface area contributed by atoms with E-state index in [2.05, 4.69) is 10.1 Å². The minimum atomic E-state index is 0.499. The summed E-state index contributed by atoms with van der Waals surface area (Å²) in [5, 5.41) is 4.99. The standard InChI is InChI=1S/C15H11Cl2N3O/c16-12-6-1-9(7-13(12)17)8-14-19-15(20-21-14)10-2-4-11(18)5-3-10/h1-7H,8,18H2. The number of aromatic nitrogens is 2. The molecule has 3 aromatic rings. The first-order chi connectivity index (χ1) is 10.1. The van der Waals surface area contributed by atoms with Gasteiger partial charge < -0.3 is 10.3 Å². The topological polar surface area (TPSA) is 64.9 Å². The van der Waals surface area contributed by atoms with Crippen LogP contribution in [0.5, 0.6) is 0 Å². The van der Waals surface area contributed by atoms with Crippen molar-refractivity contribution in [3.05, 3.63) is 64.0 Å². The number of anilines is 1. The molecule has 0 bridgehead atoms. The van der Waals surface area contributed by atoms with E-state index < -0.39 is 0 Å². The average molecular weight is 320 g/mol. The molecule has 0 aliphatic heterocycles. The van der Waals surface area contributed by atoms with Gasteiger partial charge in [-0.05, 0) is 42.0 Å². The van der Waals surface area contributed by atoms with Gasteiger partial charge in [0.1, 0.15) is 0 Å². The fourth-order valence-corrected chi connectivity index (χ4v) is 2.22. The number of hydrogen-bond donors (Lipinski definition) is 1. The summed E-state index contributed by atoms with van der Waals surface area (Å²) in [5.74, 6) is 1.05. The van der Waals surface area contributed by atoms with Gasteiger partial charge in [-0.3, -0.25) is 0 Å². The van der Waals surface area contributed by atoms with Crippen LogP contribution >= 0.6 is 23.2 Å². The SMILES string of the molecule is Nc1ccc(-c2noc(Cc3ccc(Cl)c(Cl)c3)n2)cc1. The molecule has 21 heavy (non-hydrogen) atoms. The van der Waals surface area contributed by atoms with E-state index in [0.29, 0.717) is 33.9 Å². The van der Waals surface area contributed by atoms with Crippen molar-refractivity contribution in [2.75, 3.05) is 5.73 Å². The number of nitrogens with two attached hydrogens (primary N) is 1. The normalized spacial score (nSPS) is 10.8. The number of hydrogen-bond acceptors (Lipinski definition) is 4. The Labute approximate surface area is 131 Å². The Hall–Kier alpha value is -2.04. The summed E-state index contributed by atoms with van der Waals surface area (Å²) in [6, 6.07) is 12.7. The molecule has 1 heterocycles. The lowest BCUT2D eigenvalue weighted by Gasteiger charge is -1.99. The zero-order valence-corrected chi connectivity index (χ0v) is 12.4. The van der Waals surface area contributed by atoms with E-state index in [4.69, 9.17) is 33.5 Å². The third kappa shape index (κ3) is 3.17. The largest absolute Gasteiger partial charge is 0.399 e. The van der Waals surface area contributed by atoms with Gasteiger partial charge in [-0.2, -0.15) is 4.98 Å². The predicted octanol–water partition coefficient (Wildman–Crippen LogP) is 4.22. The molecule has 1 aromatic heterocycles. The van der Waals surface area contributed by atoms with E-state index in [1.807, 2.05) is 18.2 Å². The molecular weight excluding hydrogens is 309 g/mol. The maximum absolute atomic E-state index is 5.99. The van der Waals surface area contributed by atoms with Crippen LogP contribution in [0, 0.1) is 0 Å². The highest BCUT2D eigenvalue weighted by Crippen LogP contribution is 2.24. The minimum absolute atomic E-state index is 0.499. The summed E-state index contributed by atoms with van der Waals surface area (Å²) in [4.78, 5) is 4.36. The van der Waals surface area contributed by atoms with Crippen LogP contribution in [0.4, 0.5) is 5.69 Å². The fourth-order valence-electron chi connectivity index (χ4n) is 1.90. The molecule has 0 saturated carbocycles. The van der Waals surface area contributed by atoms with Crippen LogP contribution in [-0.2, 0) is 6.42 Å². The summed E-state index contributed by atoms with van der Waals surface area (Å²) in [6.45, 7) is 0. The van der Waals surface area contributed by atoms with E-state index in [-0.39, 0.29) is 0 Å². The zero-order valence-electron chi connectivity index (χ0n) is 10.9. The highest BCUT2D eigenvalue weighted by molar-refractivity contribution is 6.42. The van der Waals surface area contributed by atoms with Crippen molar-refractivity contribution in [1.82, 2.24) is 10.1 Å². The van der Waals surface area contributed by atoms with Crippen molar-refractivity contribution in [3.63, 3.8) is 0 Å². The second-order valence-corrected chi connectivity index (χ2v) is 5.37. The average Bonchev–Trinajstić information content (AvgIpc) is 2.92. The second-order valence-electron chi connectivity index (χ2n) is 4.56. The van der Waals surface area contributed by atoms with Gasteiger partial charge in [-0.1, -0.05) is 34.4 Å². The van der Waals surface area contributed by atoms with Crippen molar-refractivity contribution in [2.45, 2.75) is 6.42 Å². The Morgan fingerprint density at radius 1 is 1.00 bits per heavy atom. The Balaban J connectivity index is 1.81. The molecule has 6 heteroatoms. The smallest absolute Gasteiger partial charge is 0.231 e. The third-order valence-electron chi connectivity index (χ3n) is 2.98. The van der Waals surface area contributed by atoms with Crippen LogP contribution in [0.1, 0.15) is 11.5 Å². The van der Waals surface area contributed by atoms with E-state index in [9.17, 15) is 0 Å². The number of benzene rings is 2. The first-order valence-electron chi connectivity index (χ1n) is 6.24. The monoisotopic (exact) mass is 319 g/mol. The van der Waals surface area contributed by atoms with Crippen LogP contribution < -0.4 is 5.73 Å². The van der Waals surface area contributed by atoms with E-state index in [0.717, 1.165) is 11.1 Å². The third-order valence-corrected chi connectivity index (χ3v) is 3.72. The Kier molecular flexibility index (Phi) is 3.82. The van der Waals surface area contributed by atoms with Gasteiger partial charge in [0, 0.05) is 11.3 Å². The zero-order chi connectivity index (χ0) is 14.8. The van der Waals surface area contributed by atoms with Gasteiger partial charge >= 0.3 is 0 Å². The Bertz CT molecular complexity index is 769. The van der Waals surface area contributed by atoms with Crippen molar-refractivity contribution < 1.29 is 4.52 Å². The summed E-state index contributed by atoms with van der Waals surface area (Å²) in [6.07, 6.45) is 0.499. The molecule has 0 unspecified atom stereocenters. The van der Waals surface area contributed by atoms with Gasteiger partial charge in [-0.25, -0.2) is 0 Å². The molecule has 0 radical (unpaired) electrons. The molecule has 0 saturated heterocycles. The van der Waals surface area contributed by atoms with Crippen LogP contribution in [-0.4, -0.2) is 10.1 Å². The molecule has 0 fully saturated rings. The molecule has 0 aliphatic carbocycles. The van der Waals surface area contributed by atoms with Gasteiger partial charge in [0.15, 0.2) is 0 Å². The molecule has 0 spiro atoms. The van der Waals surface area contributed by atoms with E-state index in [1.165, 1.54) is 0 Å². The highest BCUT2D eigenvalue weighted by atomic mass is 35.5. The summed E-state index contributed by atoms with van der Waals surface area (Å²) >= 11 is 11.9. The molecule has 3 rings (SSSR count). The number of halogens is 2. The van der Waals surface area contributed by atoms with Crippen molar-refractivity contribution in [2.24, 2.45) is 0 Å². The van der Waals surface area contributed by atoms with Crippen LogP contribution in [0.25, 0.3) is 11.4 Å². The predicted molar refractivity (Wildman–Crippen MR) is 83.4 cm³/mol. The van der Waals surface area contributed by atoms with E-state index >= 15 is 0 Å². The van der Waals surface area contributed by atoms with Crippen LogP contribution in [0.3, 0.4) is 0 Å².